The summed E-state index contributed by atoms with van der Waals surface area (Å²) >= 11 is 0. The van der Waals surface area contributed by atoms with Gasteiger partial charge < -0.3 is 10.4 Å². The standard InChI is InChI=1S/C16H17FN2O3/c1-11-2-3-12(8-15(11)19(21)22)9-18-10-16(20)13-4-6-14(17)7-5-13/h2-8,16,18,20H,9-10H2,1H3. The molecule has 1 atom stereocenters. The molecule has 0 fully saturated rings. The number of halogens is 1. The molecule has 2 N–H and O–H groups in total. The van der Waals surface area contributed by atoms with Crippen LogP contribution in [0.3, 0.4) is 0 Å². The lowest BCUT2D eigenvalue weighted by molar-refractivity contribution is -0.385. The molecule has 0 bridgehead atoms. The van der Waals surface area contributed by atoms with E-state index >= 15 is 0 Å². The van der Waals surface area contributed by atoms with Crippen molar-refractivity contribution < 1.29 is 14.4 Å². The van der Waals surface area contributed by atoms with Gasteiger partial charge in [0, 0.05) is 24.7 Å². The zero-order valence-electron chi connectivity index (χ0n) is 12.1. The molecule has 0 heterocycles. The Hall–Kier alpha value is -2.31. The minimum atomic E-state index is -0.763. The zero-order chi connectivity index (χ0) is 16.1. The van der Waals surface area contributed by atoms with E-state index in [0.717, 1.165) is 5.56 Å². The molecule has 2 aromatic carbocycles. The van der Waals surface area contributed by atoms with Crippen molar-refractivity contribution in [2.24, 2.45) is 0 Å². The number of nitro benzene ring substituents is 1. The van der Waals surface area contributed by atoms with Gasteiger partial charge in [-0.3, -0.25) is 10.1 Å². The zero-order valence-corrected chi connectivity index (χ0v) is 12.1. The lowest BCUT2D eigenvalue weighted by atomic mass is 10.1. The Kier molecular flexibility index (Phi) is 5.19. The maximum Gasteiger partial charge on any atom is 0.272 e. The van der Waals surface area contributed by atoms with Crippen LogP contribution >= 0.6 is 0 Å². The van der Waals surface area contributed by atoms with E-state index < -0.39 is 11.0 Å². The van der Waals surface area contributed by atoms with Crippen LogP contribution in [0.25, 0.3) is 0 Å². The van der Waals surface area contributed by atoms with Crippen LogP contribution in [-0.4, -0.2) is 16.6 Å². The van der Waals surface area contributed by atoms with Crippen molar-refractivity contribution >= 4 is 5.69 Å². The number of nitro groups is 1. The predicted octanol–water partition coefficient (Wildman–Crippen LogP) is 2.87. The van der Waals surface area contributed by atoms with E-state index in [1.165, 1.54) is 30.3 Å². The molecule has 0 spiro atoms. The average Bonchev–Trinajstić information content (AvgIpc) is 2.49. The summed E-state index contributed by atoms with van der Waals surface area (Å²) < 4.78 is 12.8. The predicted molar refractivity (Wildman–Crippen MR) is 80.9 cm³/mol. The Balaban J connectivity index is 1.92. The van der Waals surface area contributed by atoms with Crippen molar-refractivity contribution in [1.82, 2.24) is 5.32 Å². The molecule has 22 heavy (non-hydrogen) atoms. The molecule has 6 heteroatoms. The van der Waals surface area contributed by atoms with Gasteiger partial charge in [-0.05, 0) is 30.2 Å². The second-order valence-electron chi connectivity index (χ2n) is 5.08. The quantitative estimate of drug-likeness (QED) is 0.635. The first-order chi connectivity index (χ1) is 10.5. The number of hydrogen-bond acceptors (Lipinski definition) is 4. The second kappa shape index (κ2) is 7.11. The Labute approximate surface area is 127 Å². The molecular weight excluding hydrogens is 287 g/mol. The largest absolute Gasteiger partial charge is 0.387 e. The van der Waals surface area contributed by atoms with Gasteiger partial charge in [-0.25, -0.2) is 4.39 Å². The molecule has 2 rings (SSSR count). The van der Waals surface area contributed by atoms with Crippen molar-refractivity contribution in [2.75, 3.05) is 6.54 Å². The number of aryl methyl sites for hydroxylation is 1. The Morgan fingerprint density at radius 2 is 1.95 bits per heavy atom. The van der Waals surface area contributed by atoms with Gasteiger partial charge in [-0.15, -0.1) is 0 Å². The number of nitrogens with one attached hydrogen (secondary N) is 1. The summed E-state index contributed by atoms with van der Waals surface area (Å²) in [4.78, 5) is 10.5. The molecule has 0 radical (unpaired) electrons. The fraction of sp³-hybridized carbons (Fsp3) is 0.250. The molecule has 0 aliphatic rings. The normalized spacial score (nSPS) is 12.1. The third-order valence-corrected chi connectivity index (χ3v) is 3.39. The number of hydrogen-bond donors (Lipinski definition) is 2. The van der Waals surface area contributed by atoms with Crippen molar-refractivity contribution in [1.29, 1.82) is 0 Å². The molecule has 0 saturated heterocycles. The molecule has 1 unspecified atom stereocenters. The van der Waals surface area contributed by atoms with Gasteiger partial charge in [0.25, 0.3) is 5.69 Å². The summed E-state index contributed by atoms with van der Waals surface area (Å²) in [5, 5.41) is 23.9. The highest BCUT2D eigenvalue weighted by molar-refractivity contribution is 5.42. The number of aliphatic hydroxyl groups excluding tert-OH is 1. The van der Waals surface area contributed by atoms with Gasteiger partial charge in [-0.2, -0.15) is 0 Å². The summed E-state index contributed by atoms with van der Waals surface area (Å²) in [6.07, 6.45) is -0.763. The van der Waals surface area contributed by atoms with E-state index in [-0.39, 0.29) is 18.0 Å². The van der Waals surface area contributed by atoms with Crippen LogP contribution in [-0.2, 0) is 6.54 Å². The van der Waals surface area contributed by atoms with Crippen LogP contribution in [0, 0.1) is 22.9 Å². The molecular formula is C16H17FN2O3. The lowest BCUT2D eigenvalue weighted by Gasteiger charge is -2.12. The first-order valence-corrected chi connectivity index (χ1v) is 6.85. The van der Waals surface area contributed by atoms with Crippen LogP contribution in [0.2, 0.25) is 0 Å². The van der Waals surface area contributed by atoms with Gasteiger partial charge in [-0.1, -0.05) is 24.3 Å². The summed E-state index contributed by atoms with van der Waals surface area (Å²) in [7, 11) is 0. The molecule has 116 valence electrons. The highest BCUT2D eigenvalue weighted by Crippen LogP contribution is 2.19. The highest BCUT2D eigenvalue weighted by atomic mass is 19.1. The molecule has 0 saturated carbocycles. The number of rotatable bonds is 6. The number of aliphatic hydroxyl groups is 1. The van der Waals surface area contributed by atoms with Gasteiger partial charge in [0.05, 0.1) is 11.0 Å². The fourth-order valence-electron chi connectivity index (χ4n) is 2.12. The van der Waals surface area contributed by atoms with Crippen molar-refractivity contribution in [2.45, 2.75) is 19.6 Å². The SMILES string of the molecule is Cc1ccc(CNCC(O)c2ccc(F)cc2)cc1[N+](=O)[O-]. The van der Waals surface area contributed by atoms with E-state index in [1.807, 2.05) is 0 Å². The molecule has 2 aromatic rings. The first kappa shape index (κ1) is 16.1. The summed E-state index contributed by atoms with van der Waals surface area (Å²) in [5.74, 6) is -0.351. The van der Waals surface area contributed by atoms with Crippen molar-refractivity contribution in [3.63, 3.8) is 0 Å². The third kappa shape index (κ3) is 4.09. The van der Waals surface area contributed by atoms with Gasteiger partial charge in [0.1, 0.15) is 5.82 Å². The molecule has 5 nitrogen and oxygen atoms in total. The highest BCUT2D eigenvalue weighted by Gasteiger charge is 2.11. The Morgan fingerprint density at radius 3 is 2.59 bits per heavy atom. The maximum atomic E-state index is 12.8. The van der Waals surface area contributed by atoms with Gasteiger partial charge in [0.2, 0.25) is 0 Å². The average molecular weight is 304 g/mol. The second-order valence-corrected chi connectivity index (χ2v) is 5.08. The smallest absolute Gasteiger partial charge is 0.272 e. The monoisotopic (exact) mass is 304 g/mol. The minimum absolute atomic E-state index is 0.0818. The molecule has 0 aliphatic heterocycles. The number of benzene rings is 2. The van der Waals surface area contributed by atoms with Gasteiger partial charge in [0.15, 0.2) is 0 Å². The van der Waals surface area contributed by atoms with E-state index in [2.05, 4.69) is 5.32 Å². The van der Waals surface area contributed by atoms with E-state index in [9.17, 15) is 19.6 Å². The summed E-state index contributed by atoms with van der Waals surface area (Å²) in [5.41, 5.74) is 2.07. The van der Waals surface area contributed by atoms with Crippen LogP contribution < -0.4 is 5.32 Å². The van der Waals surface area contributed by atoms with Crippen molar-refractivity contribution in [3.05, 3.63) is 75.1 Å². The number of nitrogens with zero attached hydrogens (tertiary/aromatic N) is 1. The summed E-state index contributed by atoms with van der Waals surface area (Å²) in [6, 6.07) is 10.7. The molecule has 0 amide bonds. The summed E-state index contributed by atoms with van der Waals surface area (Å²) in [6.45, 7) is 2.36. The molecule has 0 aliphatic carbocycles. The lowest BCUT2D eigenvalue weighted by Crippen LogP contribution is -2.21. The Morgan fingerprint density at radius 1 is 1.27 bits per heavy atom. The van der Waals surface area contributed by atoms with E-state index in [1.54, 1.807) is 19.1 Å². The van der Waals surface area contributed by atoms with Crippen LogP contribution in [0.15, 0.2) is 42.5 Å². The fourth-order valence-corrected chi connectivity index (χ4v) is 2.12. The first-order valence-electron chi connectivity index (χ1n) is 6.85. The van der Waals surface area contributed by atoms with E-state index in [4.69, 9.17) is 0 Å². The topological polar surface area (TPSA) is 75.4 Å². The third-order valence-electron chi connectivity index (χ3n) is 3.39. The van der Waals surface area contributed by atoms with Crippen molar-refractivity contribution in [3.8, 4) is 0 Å². The van der Waals surface area contributed by atoms with Crippen LogP contribution in [0.5, 0.6) is 0 Å². The Bertz CT molecular complexity index is 659. The van der Waals surface area contributed by atoms with Gasteiger partial charge >= 0.3 is 0 Å². The molecule has 0 aromatic heterocycles. The van der Waals surface area contributed by atoms with E-state index in [0.29, 0.717) is 17.7 Å². The minimum Gasteiger partial charge on any atom is -0.387 e. The van der Waals surface area contributed by atoms with Crippen LogP contribution in [0.1, 0.15) is 22.8 Å². The van der Waals surface area contributed by atoms with Crippen LogP contribution in [0.4, 0.5) is 10.1 Å². The maximum absolute atomic E-state index is 12.8.